The zero-order valence-corrected chi connectivity index (χ0v) is 20.7. The Hall–Kier alpha value is -1.58. The van der Waals surface area contributed by atoms with Crippen LogP contribution in [0.5, 0.6) is 0 Å². The standard InChI is InChI=1S/C23H35N5O.HI/c1-24-23(25-17-20(27(2)3)16-19-10-5-4-6-11-19)26-18-21(22-12-9-15-29-22)28-13-7-8-14-28;/h4-6,9-12,15,20-21H,7-8,13-14,16-18H2,1-3H3,(H2,24,25,26);1H. The molecule has 2 aromatic rings. The lowest BCUT2D eigenvalue weighted by molar-refractivity contribution is 0.215. The molecule has 1 fully saturated rings. The van der Waals surface area contributed by atoms with Crippen molar-refractivity contribution >= 4 is 29.9 Å². The molecule has 1 saturated heterocycles. The molecule has 7 heteroatoms. The third-order valence-electron chi connectivity index (χ3n) is 5.69. The quantitative estimate of drug-likeness (QED) is 0.299. The van der Waals surface area contributed by atoms with Crippen molar-refractivity contribution in [3.8, 4) is 0 Å². The van der Waals surface area contributed by atoms with Crippen LogP contribution in [0.25, 0.3) is 0 Å². The Labute approximate surface area is 198 Å². The zero-order chi connectivity index (χ0) is 20.5. The number of benzene rings is 1. The largest absolute Gasteiger partial charge is 0.468 e. The molecular weight excluding hydrogens is 489 g/mol. The van der Waals surface area contributed by atoms with Gasteiger partial charge in [-0.3, -0.25) is 9.89 Å². The molecule has 6 nitrogen and oxygen atoms in total. The molecule has 3 rings (SSSR count). The fourth-order valence-corrected chi connectivity index (χ4v) is 3.90. The predicted molar refractivity (Wildman–Crippen MR) is 135 cm³/mol. The monoisotopic (exact) mass is 525 g/mol. The van der Waals surface area contributed by atoms with E-state index < -0.39 is 0 Å². The number of hydrogen-bond acceptors (Lipinski definition) is 4. The van der Waals surface area contributed by atoms with Gasteiger partial charge in [-0.25, -0.2) is 0 Å². The maximum atomic E-state index is 5.72. The van der Waals surface area contributed by atoms with E-state index in [0.29, 0.717) is 6.04 Å². The summed E-state index contributed by atoms with van der Waals surface area (Å²) in [6.45, 7) is 3.85. The lowest BCUT2D eigenvalue weighted by Gasteiger charge is -2.28. The second-order valence-electron chi connectivity index (χ2n) is 7.92. The van der Waals surface area contributed by atoms with Crippen LogP contribution in [0.2, 0.25) is 0 Å². The molecule has 2 atom stereocenters. The van der Waals surface area contributed by atoms with Gasteiger partial charge in [-0.05, 0) is 64.1 Å². The summed E-state index contributed by atoms with van der Waals surface area (Å²) in [6.07, 6.45) is 5.28. The van der Waals surface area contributed by atoms with Crippen molar-refractivity contribution in [2.45, 2.75) is 31.3 Å². The van der Waals surface area contributed by atoms with Crippen LogP contribution in [0.1, 0.15) is 30.2 Å². The van der Waals surface area contributed by atoms with Crippen LogP contribution < -0.4 is 10.6 Å². The van der Waals surface area contributed by atoms with E-state index in [1.54, 1.807) is 6.26 Å². The number of furan rings is 1. The van der Waals surface area contributed by atoms with Crippen molar-refractivity contribution in [2.75, 3.05) is 47.3 Å². The molecule has 30 heavy (non-hydrogen) atoms. The SMILES string of the molecule is CN=C(NCC(Cc1ccccc1)N(C)C)NCC(c1ccco1)N1CCCC1.I. The predicted octanol–water partition coefficient (Wildman–Crippen LogP) is 3.37. The Morgan fingerprint density at radius 2 is 1.77 bits per heavy atom. The summed E-state index contributed by atoms with van der Waals surface area (Å²) >= 11 is 0. The van der Waals surface area contributed by atoms with Gasteiger partial charge in [0.2, 0.25) is 0 Å². The molecule has 2 unspecified atom stereocenters. The van der Waals surface area contributed by atoms with Gasteiger partial charge in [-0.15, -0.1) is 24.0 Å². The molecule has 1 aromatic heterocycles. The molecule has 0 bridgehead atoms. The zero-order valence-electron chi connectivity index (χ0n) is 18.4. The Morgan fingerprint density at radius 1 is 1.07 bits per heavy atom. The number of likely N-dealkylation sites (tertiary alicyclic amines) is 1. The minimum Gasteiger partial charge on any atom is -0.468 e. The van der Waals surface area contributed by atoms with Gasteiger partial charge < -0.3 is 20.0 Å². The second-order valence-corrected chi connectivity index (χ2v) is 7.92. The smallest absolute Gasteiger partial charge is 0.191 e. The molecular formula is C23H36IN5O. The van der Waals surface area contributed by atoms with E-state index in [-0.39, 0.29) is 30.0 Å². The van der Waals surface area contributed by atoms with Crippen molar-refractivity contribution in [1.29, 1.82) is 0 Å². The third-order valence-corrected chi connectivity index (χ3v) is 5.69. The van der Waals surface area contributed by atoms with Crippen LogP contribution in [0.3, 0.4) is 0 Å². The number of aliphatic imine (C=N–C) groups is 1. The van der Waals surface area contributed by atoms with Crippen molar-refractivity contribution in [3.05, 3.63) is 60.1 Å². The van der Waals surface area contributed by atoms with Crippen LogP contribution in [-0.4, -0.2) is 69.1 Å². The van der Waals surface area contributed by atoms with E-state index in [2.05, 4.69) is 75.9 Å². The summed E-state index contributed by atoms with van der Waals surface area (Å²) in [5.74, 6) is 1.85. The summed E-state index contributed by atoms with van der Waals surface area (Å²) < 4.78 is 5.72. The molecule has 0 amide bonds. The molecule has 0 saturated carbocycles. The van der Waals surface area contributed by atoms with E-state index in [4.69, 9.17) is 4.42 Å². The van der Waals surface area contributed by atoms with Crippen molar-refractivity contribution < 1.29 is 4.42 Å². The number of likely N-dealkylation sites (N-methyl/N-ethyl adjacent to an activating group) is 1. The highest BCUT2D eigenvalue weighted by molar-refractivity contribution is 14.0. The lowest BCUT2D eigenvalue weighted by Crippen LogP contribution is -2.47. The number of rotatable bonds is 9. The summed E-state index contributed by atoms with van der Waals surface area (Å²) in [6, 6.07) is 15.3. The Balaban J connectivity index is 0.00000320. The van der Waals surface area contributed by atoms with Gasteiger partial charge in [0.05, 0.1) is 12.3 Å². The molecule has 166 valence electrons. The van der Waals surface area contributed by atoms with Crippen LogP contribution in [0.4, 0.5) is 0 Å². The number of hydrogen-bond donors (Lipinski definition) is 2. The van der Waals surface area contributed by atoms with E-state index in [1.165, 1.54) is 18.4 Å². The summed E-state index contributed by atoms with van der Waals surface area (Å²) in [5, 5.41) is 7.02. The van der Waals surface area contributed by atoms with Gasteiger partial charge in [0.15, 0.2) is 5.96 Å². The molecule has 1 aliphatic heterocycles. The van der Waals surface area contributed by atoms with E-state index in [9.17, 15) is 0 Å². The van der Waals surface area contributed by atoms with E-state index in [0.717, 1.165) is 44.3 Å². The van der Waals surface area contributed by atoms with Crippen LogP contribution >= 0.6 is 24.0 Å². The van der Waals surface area contributed by atoms with Gasteiger partial charge in [0.25, 0.3) is 0 Å². The Morgan fingerprint density at radius 3 is 2.37 bits per heavy atom. The first-order valence-corrected chi connectivity index (χ1v) is 10.6. The number of halogens is 1. The van der Waals surface area contributed by atoms with Gasteiger partial charge in [0.1, 0.15) is 5.76 Å². The molecule has 0 spiro atoms. The summed E-state index contributed by atoms with van der Waals surface area (Å²) in [7, 11) is 6.09. The lowest BCUT2D eigenvalue weighted by atomic mass is 10.1. The highest BCUT2D eigenvalue weighted by Gasteiger charge is 2.25. The first kappa shape index (κ1) is 24.7. The first-order valence-electron chi connectivity index (χ1n) is 10.6. The number of nitrogens with zero attached hydrogens (tertiary/aromatic N) is 3. The molecule has 1 aromatic carbocycles. The fourth-order valence-electron chi connectivity index (χ4n) is 3.90. The van der Waals surface area contributed by atoms with E-state index >= 15 is 0 Å². The van der Waals surface area contributed by atoms with Crippen molar-refractivity contribution in [3.63, 3.8) is 0 Å². The average molecular weight is 525 g/mol. The summed E-state index contributed by atoms with van der Waals surface area (Å²) in [5.41, 5.74) is 1.35. The maximum Gasteiger partial charge on any atom is 0.191 e. The van der Waals surface area contributed by atoms with Gasteiger partial charge in [-0.2, -0.15) is 0 Å². The minimum atomic E-state index is 0. The number of nitrogens with one attached hydrogen (secondary N) is 2. The topological polar surface area (TPSA) is 56.0 Å². The molecule has 2 N–H and O–H groups in total. The average Bonchev–Trinajstić information content (AvgIpc) is 3.45. The highest BCUT2D eigenvalue weighted by Crippen LogP contribution is 2.24. The Kier molecular flexibility index (Phi) is 10.7. The maximum absolute atomic E-state index is 5.72. The number of guanidine groups is 1. The second kappa shape index (κ2) is 13.0. The third kappa shape index (κ3) is 7.28. The first-order chi connectivity index (χ1) is 14.2. The van der Waals surface area contributed by atoms with Crippen LogP contribution in [0.15, 0.2) is 58.1 Å². The van der Waals surface area contributed by atoms with Crippen molar-refractivity contribution in [1.82, 2.24) is 20.4 Å². The normalized spacial score (nSPS) is 16.9. The molecule has 2 heterocycles. The minimum absolute atomic E-state index is 0. The van der Waals surface area contributed by atoms with E-state index in [1.807, 2.05) is 13.1 Å². The Bertz CT molecular complexity index is 729. The molecule has 1 aliphatic rings. The van der Waals surface area contributed by atoms with Crippen LogP contribution in [0, 0.1) is 0 Å². The highest BCUT2D eigenvalue weighted by atomic mass is 127. The van der Waals surface area contributed by atoms with Gasteiger partial charge >= 0.3 is 0 Å². The van der Waals surface area contributed by atoms with Gasteiger partial charge in [0, 0.05) is 26.2 Å². The van der Waals surface area contributed by atoms with Crippen molar-refractivity contribution in [2.24, 2.45) is 4.99 Å². The van der Waals surface area contributed by atoms with Gasteiger partial charge in [-0.1, -0.05) is 30.3 Å². The fraction of sp³-hybridized carbons (Fsp3) is 0.522. The molecule has 0 aliphatic carbocycles. The molecule has 0 radical (unpaired) electrons. The summed E-state index contributed by atoms with van der Waals surface area (Å²) in [4.78, 5) is 9.20. The van der Waals surface area contributed by atoms with Crippen LogP contribution in [-0.2, 0) is 6.42 Å².